The summed E-state index contributed by atoms with van der Waals surface area (Å²) in [6, 6.07) is 3.35. The summed E-state index contributed by atoms with van der Waals surface area (Å²) in [7, 11) is 0. The lowest BCUT2D eigenvalue weighted by Gasteiger charge is -2.04. The standard InChI is InChI=1S/C10H15N3O2.ClH/c1-2-15-6-5-10(14)13-8-3-4-9(11)12-7-8;/h3-4,7H,2,5-6H2,1H3,(H2,11,12)(H,13,14);1H. The molecule has 0 atom stereocenters. The van der Waals surface area contributed by atoms with Crippen molar-refractivity contribution in [2.75, 3.05) is 24.3 Å². The number of amides is 1. The molecule has 0 fully saturated rings. The van der Waals surface area contributed by atoms with Crippen LogP contribution in [0.15, 0.2) is 18.3 Å². The number of carbonyl (C=O) groups excluding carboxylic acids is 1. The van der Waals surface area contributed by atoms with E-state index in [0.29, 0.717) is 31.1 Å². The lowest BCUT2D eigenvalue weighted by molar-refractivity contribution is -0.117. The first kappa shape index (κ1) is 14.7. The SMILES string of the molecule is CCOCCC(=O)Nc1ccc(N)nc1.Cl. The second-order valence-electron chi connectivity index (χ2n) is 2.97. The van der Waals surface area contributed by atoms with Crippen molar-refractivity contribution in [3.63, 3.8) is 0 Å². The number of halogens is 1. The molecule has 0 saturated heterocycles. The fraction of sp³-hybridized carbons (Fsp3) is 0.400. The maximum atomic E-state index is 11.3. The van der Waals surface area contributed by atoms with Crippen LogP contribution in [0.4, 0.5) is 11.5 Å². The Bertz CT molecular complexity index is 316. The summed E-state index contributed by atoms with van der Waals surface area (Å²) >= 11 is 0. The van der Waals surface area contributed by atoms with Crippen LogP contribution in [0.1, 0.15) is 13.3 Å². The predicted molar refractivity (Wildman–Crippen MR) is 65.6 cm³/mol. The largest absolute Gasteiger partial charge is 0.384 e. The quantitative estimate of drug-likeness (QED) is 0.770. The lowest BCUT2D eigenvalue weighted by Crippen LogP contribution is -2.14. The fourth-order valence-electron chi connectivity index (χ4n) is 1.01. The van der Waals surface area contributed by atoms with E-state index in [0.717, 1.165) is 0 Å². The topological polar surface area (TPSA) is 77.2 Å². The van der Waals surface area contributed by atoms with Gasteiger partial charge in [0.2, 0.25) is 5.91 Å². The van der Waals surface area contributed by atoms with Gasteiger partial charge >= 0.3 is 0 Å². The Balaban J connectivity index is 0.00000225. The molecular formula is C10H16ClN3O2. The van der Waals surface area contributed by atoms with Gasteiger partial charge in [0.05, 0.1) is 24.9 Å². The number of nitrogens with two attached hydrogens (primary N) is 1. The molecular weight excluding hydrogens is 230 g/mol. The average molecular weight is 246 g/mol. The Morgan fingerprint density at radius 1 is 1.56 bits per heavy atom. The van der Waals surface area contributed by atoms with Crippen LogP contribution in [0.2, 0.25) is 0 Å². The third kappa shape index (κ3) is 5.53. The van der Waals surface area contributed by atoms with E-state index in [1.54, 1.807) is 12.1 Å². The zero-order valence-electron chi connectivity index (χ0n) is 9.10. The van der Waals surface area contributed by atoms with E-state index >= 15 is 0 Å². The van der Waals surface area contributed by atoms with E-state index in [1.165, 1.54) is 6.20 Å². The highest BCUT2D eigenvalue weighted by Crippen LogP contribution is 2.07. The molecule has 0 aromatic carbocycles. The smallest absolute Gasteiger partial charge is 0.226 e. The van der Waals surface area contributed by atoms with Crippen LogP contribution in [0.5, 0.6) is 0 Å². The third-order valence-electron chi connectivity index (χ3n) is 1.75. The predicted octanol–water partition coefficient (Wildman–Crippen LogP) is 1.45. The van der Waals surface area contributed by atoms with E-state index in [1.807, 2.05) is 6.92 Å². The molecule has 0 spiro atoms. The first-order valence-electron chi connectivity index (χ1n) is 4.81. The monoisotopic (exact) mass is 245 g/mol. The van der Waals surface area contributed by atoms with Crippen LogP contribution in [0.3, 0.4) is 0 Å². The highest BCUT2D eigenvalue weighted by molar-refractivity contribution is 5.90. The van der Waals surface area contributed by atoms with Crippen molar-refractivity contribution in [1.29, 1.82) is 0 Å². The molecule has 1 heterocycles. The molecule has 90 valence electrons. The van der Waals surface area contributed by atoms with Crippen molar-refractivity contribution in [2.45, 2.75) is 13.3 Å². The molecule has 1 rings (SSSR count). The first-order chi connectivity index (χ1) is 7.22. The number of pyridine rings is 1. The Hall–Kier alpha value is -1.33. The summed E-state index contributed by atoms with van der Waals surface area (Å²) in [6.07, 6.45) is 1.87. The molecule has 0 unspecified atom stereocenters. The number of nitrogens with one attached hydrogen (secondary N) is 1. The Morgan fingerprint density at radius 2 is 2.31 bits per heavy atom. The molecule has 0 aliphatic carbocycles. The number of hydrogen-bond donors (Lipinski definition) is 2. The van der Waals surface area contributed by atoms with Crippen LogP contribution >= 0.6 is 12.4 Å². The van der Waals surface area contributed by atoms with Gasteiger partial charge in [-0.1, -0.05) is 0 Å². The summed E-state index contributed by atoms with van der Waals surface area (Å²) in [6.45, 7) is 2.95. The van der Waals surface area contributed by atoms with Gasteiger partial charge < -0.3 is 15.8 Å². The first-order valence-corrected chi connectivity index (χ1v) is 4.81. The number of aromatic nitrogens is 1. The van der Waals surface area contributed by atoms with Crippen LogP contribution in [0, 0.1) is 0 Å². The van der Waals surface area contributed by atoms with Crippen molar-refractivity contribution in [3.05, 3.63) is 18.3 Å². The normalized spacial score (nSPS) is 9.31. The van der Waals surface area contributed by atoms with Crippen molar-refractivity contribution < 1.29 is 9.53 Å². The lowest BCUT2D eigenvalue weighted by atomic mass is 10.3. The minimum atomic E-state index is -0.0879. The number of carbonyl (C=O) groups is 1. The third-order valence-corrected chi connectivity index (χ3v) is 1.75. The summed E-state index contributed by atoms with van der Waals surface area (Å²) in [5.74, 6) is 0.345. The molecule has 0 aliphatic rings. The van der Waals surface area contributed by atoms with Gasteiger partial charge in [0.1, 0.15) is 5.82 Å². The van der Waals surface area contributed by atoms with Crippen LogP contribution < -0.4 is 11.1 Å². The molecule has 0 radical (unpaired) electrons. The molecule has 1 aromatic rings. The molecule has 1 aromatic heterocycles. The molecule has 3 N–H and O–H groups in total. The van der Waals surface area contributed by atoms with Gasteiger partial charge in [0, 0.05) is 6.61 Å². The van der Waals surface area contributed by atoms with Gasteiger partial charge in [0.25, 0.3) is 0 Å². The second-order valence-corrected chi connectivity index (χ2v) is 2.97. The van der Waals surface area contributed by atoms with E-state index in [4.69, 9.17) is 10.5 Å². The van der Waals surface area contributed by atoms with Gasteiger partial charge in [-0.3, -0.25) is 4.79 Å². The molecule has 5 nitrogen and oxygen atoms in total. The van der Waals surface area contributed by atoms with Crippen LogP contribution in [-0.2, 0) is 9.53 Å². The van der Waals surface area contributed by atoms with E-state index in [2.05, 4.69) is 10.3 Å². The van der Waals surface area contributed by atoms with Gasteiger partial charge in [-0.25, -0.2) is 4.98 Å². The summed E-state index contributed by atoms with van der Waals surface area (Å²) in [4.78, 5) is 15.2. The zero-order chi connectivity index (χ0) is 11.1. The second kappa shape index (κ2) is 7.90. The van der Waals surface area contributed by atoms with E-state index in [-0.39, 0.29) is 18.3 Å². The number of rotatable bonds is 5. The van der Waals surface area contributed by atoms with Crippen LogP contribution in [-0.4, -0.2) is 24.1 Å². The van der Waals surface area contributed by atoms with Crippen molar-refractivity contribution in [2.24, 2.45) is 0 Å². The molecule has 0 aliphatic heterocycles. The van der Waals surface area contributed by atoms with Gasteiger partial charge in [0.15, 0.2) is 0 Å². The Labute approximate surface area is 101 Å². The number of nitrogen functional groups attached to an aromatic ring is 1. The van der Waals surface area contributed by atoms with E-state index < -0.39 is 0 Å². The minimum Gasteiger partial charge on any atom is -0.384 e. The van der Waals surface area contributed by atoms with E-state index in [9.17, 15) is 4.79 Å². The van der Waals surface area contributed by atoms with Crippen molar-refractivity contribution in [1.82, 2.24) is 4.98 Å². The highest BCUT2D eigenvalue weighted by atomic mass is 35.5. The highest BCUT2D eigenvalue weighted by Gasteiger charge is 2.01. The molecule has 1 amide bonds. The van der Waals surface area contributed by atoms with Crippen molar-refractivity contribution in [3.8, 4) is 0 Å². The molecule has 6 heteroatoms. The van der Waals surface area contributed by atoms with Crippen molar-refractivity contribution >= 4 is 29.8 Å². The number of hydrogen-bond acceptors (Lipinski definition) is 4. The molecule has 16 heavy (non-hydrogen) atoms. The zero-order valence-corrected chi connectivity index (χ0v) is 9.92. The Kier molecular flexibility index (Phi) is 7.24. The van der Waals surface area contributed by atoms with Gasteiger partial charge in [-0.2, -0.15) is 0 Å². The maximum Gasteiger partial charge on any atom is 0.226 e. The number of ether oxygens (including phenoxy) is 1. The average Bonchev–Trinajstić information content (AvgIpc) is 2.22. The van der Waals surface area contributed by atoms with Crippen LogP contribution in [0.25, 0.3) is 0 Å². The van der Waals surface area contributed by atoms with Gasteiger partial charge in [-0.15, -0.1) is 12.4 Å². The maximum absolute atomic E-state index is 11.3. The summed E-state index contributed by atoms with van der Waals surface area (Å²) in [5, 5.41) is 2.69. The summed E-state index contributed by atoms with van der Waals surface area (Å²) in [5.41, 5.74) is 6.06. The van der Waals surface area contributed by atoms with Gasteiger partial charge in [-0.05, 0) is 19.1 Å². The summed E-state index contributed by atoms with van der Waals surface area (Å²) < 4.78 is 5.06. The minimum absolute atomic E-state index is 0. The number of anilines is 2. The Morgan fingerprint density at radius 3 is 2.88 bits per heavy atom. The molecule has 0 saturated carbocycles. The number of nitrogens with zero attached hydrogens (tertiary/aromatic N) is 1. The fourth-order valence-corrected chi connectivity index (χ4v) is 1.01. The molecule has 0 bridgehead atoms.